The van der Waals surface area contributed by atoms with Crippen LogP contribution in [-0.4, -0.2) is 45.8 Å². The Morgan fingerprint density at radius 1 is 0.900 bits per heavy atom. The summed E-state index contributed by atoms with van der Waals surface area (Å²) in [5.41, 5.74) is 9.81. The first-order chi connectivity index (χ1) is 3.91. The molecule has 4 heteroatoms. The van der Waals surface area contributed by atoms with Crippen molar-refractivity contribution < 1.29 is 16.9 Å². The Morgan fingerprint density at radius 2 is 1.00 bits per heavy atom. The molecule has 0 aliphatic carbocycles. The summed E-state index contributed by atoms with van der Waals surface area (Å²) in [5, 5.41) is 0. The van der Waals surface area contributed by atoms with Gasteiger partial charge in [-0.1, -0.05) is 0 Å². The molecule has 0 unspecified atom stereocenters. The molecule has 0 amide bonds. The Kier molecular flexibility index (Phi) is 15.3. The Hall–Kier alpha value is 0.170. The second-order valence-corrected chi connectivity index (χ2v) is 3.26. The van der Waals surface area contributed by atoms with E-state index < -0.39 is 0 Å². The van der Waals surface area contributed by atoms with Crippen LogP contribution in [0.4, 0.5) is 0 Å². The first-order valence-corrected chi connectivity index (χ1v) is 3.11. The number of halogens is 1. The van der Waals surface area contributed by atoms with E-state index in [1.165, 1.54) is 0 Å². The van der Waals surface area contributed by atoms with Crippen molar-refractivity contribution in [1.82, 2.24) is 0 Å². The van der Waals surface area contributed by atoms with Crippen molar-refractivity contribution in [3.63, 3.8) is 0 Å². The molecule has 0 aliphatic heterocycles. The van der Waals surface area contributed by atoms with Crippen LogP contribution in [0.5, 0.6) is 0 Å². The van der Waals surface area contributed by atoms with Gasteiger partial charge in [-0.15, -0.1) is 0 Å². The molecule has 0 aromatic heterocycles. The van der Waals surface area contributed by atoms with Crippen molar-refractivity contribution >= 4 is 0 Å². The van der Waals surface area contributed by atoms with E-state index in [0.717, 1.165) is 4.48 Å². The minimum absolute atomic E-state index is 0. The third-order valence-corrected chi connectivity index (χ3v) is 0.167. The van der Waals surface area contributed by atoms with Crippen molar-refractivity contribution in [3.8, 4) is 0 Å². The van der Waals surface area contributed by atoms with Crippen LogP contribution in [0.25, 0.3) is 0 Å². The molecule has 66 valence electrons. The summed E-state index contributed by atoms with van der Waals surface area (Å²) in [6.45, 7) is 1.19. The first-order valence-electron chi connectivity index (χ1n) is 3.11. The number of nitrogens with two attached hydrogens (primary N) is 2. The van der Waals surface area contributed by atoms with E-state index in [1.807, 2.05) is 0 Å². The number of nitrogens with zero attached hydrogens (tertiary/aromatic N) is 1. The van der Waals surface area contributed by atoms with Gasteiger partial charge in [0.1, 0.15) is 0 Å². The van der Waals surface area contributed by atoms with Crippen LogP contribution in [0.3, 0.4) is 0 Å². The molecule has 0 aromatic carbocycles. The van der Waals surface area contributed by atoms with Crippen molar-refractivity contribution in [2.45, 2.75) is 0 Å². The maximum atomic E-state index is 4.90. The summed E-state index contributed by atoms with van der Waals surface area (Å²) in [6.07, 6.45) is 0. The molecule has 3 nitrogen and oxygen atoms in total. The van der Waals surface area contributed by atoms with E-state index in [9.17, 15) is 0 Å². The van der Waals surface area contributed by atoms with Crippen LogP contribution < -0.4 is 23.9 Å². The monoisotopic (exact) mass is 169 g/mol. The average molecular weight is 170 g/mol. The highest BCUT2D eigenvalue weighted by molar-refractivity contribution is 4.26. The fourth-order valence-corrected chi connectivity index (χ4v) is 0. The Labute approximate surface area is 70.4 Å². The van der Waals surface area contributed by atoms with Crippen LogP contribution in [0.15, 0.2) is 0 Å². The number of hydrogen-bond donors (Lipinski definition) is 2. The van der Waals surface area contributed by atoms with E-state index in [-0.39, 0.29) is 12.4 Å². The molecule has 0 saturated carbocycles. The molecule has 0 saturated heterocycles. The number of quaternary nitrogens is 1. The molecule has 0 heterocycles. The highest BCUT2D eigenvalue weighted by Gasteiger charge is 1.88. The summed E-state index contributed by atoms with van der Waals surface area (Å²) in [6, 6.07) is 0. The van der Waals surface area contributed by atoms with Gasteiger partial charge in [-0.05, 0) is 0 Å². The lowest BCUT2D eigenvalue weighted by Gasteiger charge is -2.14. The molecule has 0 atom stereocenters. The van der Waals surface area contributed by atoms with Gasteiger partial charge in [0.05, 0.1) is 28.2 Å². The van der Waals surface area contributed by atoms with Crippen LogP contribution in [0.2, 0.25) is 0 Å². The zero-order valence-corrected chi connectivity index (χ0v) is 8.15. The third-order valence-electron chi connectivity index (χ3n) is 0.167. The van der Waals surface area contributed by atoms with Crippen molar-refractivity contribution in [3.05, 3.63) is 0 Å². The maximum absolute atomic E-state index is 4.90. The molecule has 0 rings (SSSR count). The smallest absolute Gasteiger partial charge is 0.0675 e. The maximum Gasteiger partial charge on any atom is 0.0675 e. The second kappa shape index (κ2) is 9.17. The standard InChI is InChI=1S/C4H12N.C2H8N2.ClH/c1-5(2,3)4;3-1-2-4;/h1-4H3;1-4H2;1H/q+1;;/p-1. The summed E-state index contributed by atoms with van der Waals surface area (Å²) in [5.74, 6) is 0. The zero-order valence-electron chi connectivity index (χ0n) is 7.39. The number of hydrogen-bond acceptors (Lipinski definition) is 2. The highest BCUT2D eigenvalue weighted by Crippen LogP contribution is 1.73. The number of rotatable bonds is 1. The molecule has 10 heavy (non-hydrogen) atoms. The van der Waals surface area contributed by atoms with Gasteiger partial charge in [0, 0.05) is 13.1 Å². The summed E-state index contributed by atoms with van der Waals surface area (Å²) >= 11 is 0. The van der Waals surface area contributed by atoms with E-state index >= 15 is 0 Å². The van der Waals surface area contributed by atoms with Crippen LogP contribution >= 0.6 is 0 Å². The first kappa shape index (κ1) is 16.6. The van der Waals surface area contributed by atoms with Gasteiger partial charge >= 0.3 is 0 Å². The van der Waals surface area contributed by atoms with E-state index in [0.29, 0.717) is 13.1 Å². The lowest BCUT2D eigenvalue weighted by atomic mass is 10.7. The van der Waals surface area contributed by atoms with Crippen molar-refractivity contribution in [2.75, 3.05) is 41.3 Å². The van der Waals surface area contributed by atoms with Gasteiger partial charge in [0.15, 0.2) is 0 Å². The van der Waals surface area contributed by atoms with Gasteiger partial charge < -0.3 is 28.4 Å². The summed E-state index contributed by atoms with van der Waals surface area (Å²) in [7, 11) is 8.50. The molecule has 0 radical (unpaired) electrons. The molecule has 0 aromatic rings. The van der Waals surface area contributed by atoms with Gasteiger partial charge in [0.2, 0.25) is 0 Å². The zero-order chi connectivity index (χ0) is 7.91. The van der Waals surface area contributed by atoms with Crippen LogP contribution in [0, 0.1) is 0 Å². The predicted molar refractivity (Wildman–Crippen MR) is 42.1 cm³/mol. The van der Waals surface area contributed by atoms with Crippen molar-refractivity contribution in [1.29, 1.82) is 0 Å². The molecule has 0 bridgehead atoms. The van der Waals surface area contributed by atoms with Gasteiger partial charge in [-0.3, -0.25) is 0 Å². The molecule has 4 N–H and O–H groups in total. The van der Waals surface area contributed by atoms with E-state index in [2.05, 4.69) is 28.2 Å². The van der Waals surface area contributed by atoms with Gasteiger partial charge in [0.25, 0.3) is 0 Å². The SMILES string of the molecule is C[N+](C)(C)C.NCCN.[Cl-]. The molecule has 0 spiro atoms. The minimum Gasteiger partial charge on any atom is -1.00 e. The van der Waals surface area contributed by atoms with Crippen LogP contribution in [-0.2, 0) is 0 Å². The quantitative estimate of drug-likeness (QED) is 0.396. The lowest BCUT2D eigenvalue weighted by molar-refractivity contribution is -0.849. The van der Waals surface area contributed by atoms with Crippen LogP contribution in [0.1, 0.15) is 0 Å². The van der Waals surface area contributed by atoms with Crippen molar-refractivity contribution in [2.24, 2.45) is 11.5 Å². The minimum atomic E-state index is 0. The third kappa shape index (κ3) is 307. The Balaban J connectivity index is -0.0000000910. The Morgan fingerprint density at radius 3 is 1.00 bits per heavy atom. The summed E-state index contributed by atoms with van der Waals surface area (Å²) in [4.78, 5) is 0. The lowest BCUT2D eigenvalue weighted by Crippen LogP contribution is -3.00. The summed E-state index contributed by atoms with van der Waals surface area (Å²) < 4.78 is 1.00. The average Bonchev–Trinajstić information content (AvgIpc) is 1.61. The fourth-order valence-electron chi connectivity index (χ4n) is 0. The largest absolute Gasteiger partial charge is 1.00 e. The van der Waals surface area contributed by atoms with E-state index in [1.54, 1.807) is 0 Å². The van der Waals surface area contributed by atoms with Gasteiger partial charge in [-0.25, -0.2) is 0 Å². The highest BCUT2D eigenvalue weighted by atomic mass is 35.5. The van der Waals surface area contributed by atoms with Gasteiger partial charge in [-0.2, -0.15) is 0 Å². The topological polar surface area (TPSA) is 52.0 Å². The Bertz CT molecular complexity index is 43.4. The normalized spacial score (nSPS) is 9.00. The van der Waals surface area contributed by atoms with E-state index in [4.69, 9.17) is 11.5 Å². The fraction of sp³-hybridized carbons (Fsp3) is 1.00. The molecular formula is C6H20ClN3. The molecule has 0 fully saturated rings. The predicted octanol–water partition coefficient (Wildman–Crippen LogP) is -3.77. The second-order valence-electron chi connectivity index (χ2n) is 3.26. The molecular weight excluding hydrogens is 150 g/mol. The molecule has 0 aliphatic rings.